The second kappa shape index (κ2) is 7.50. The van der Waals surface area contributed by atoms with Gasteiger partial charge in [-0.1, -0.05) is 0 Å². The molecule has 122 valence electrons. The number of carbonyl (C=O) groups excluding carboxylic acids is 1. The molecule has 1 unspecified atom stereocenters. The average Bonchev–Trinajstić information content (AvgIpc) is 2.47. The Morgan fingerprint density at radius 3 is 2.95 bits per heavy atom. The van der Waals surface area contributed by atoms with E-state index in [0.29, 0.717) is 6.54 Å². The molecule has 1 atom stereocenters. The van der Waals surface area contributed by atoms with Crippen LogP contribution in [0.2, 0.25) is 0 Å². The molecule has 8 nitrogen and oxygen atoms in total. The van der Waals surface area contributed by atoms with Gasteiger partial charge in [-0.3, -0.25) is 9.78 Å². The summed E-state index contributed by atoms with van der Waals surface area (Å²) in [7, 11) is -3.25. The van der Waals surface area contributed by atoms with Gasteiger partial charge in [-0.25, -0.2) is 18.1 Å². The Morgan fingerprint density at radius 1 is 1.45 bits per heavy atom. The molecule has 0 saturated carbocycles. The molecule has 2 rings (SSSR count). The Bertz CT molecular complexity index is 593. The van der Waals surface area contributed by atoms with E-state index < -0.39 is 10.0 Å². The molecular formula is C13H21N5O3S. The molecule has 1 amide bonds. The van der Waals surface area contributed by atoms with Gasteiger partial charge in [0.2, 0.25) is 15.9 Å². The summed E-state index contributed by atoms with van der Waals surface area (Å²) in [5, 5.41) is 2.94. The Morgan fingerprint density at radius 2 is 2.27 bits per heavy atom. The molecule has 1 aromatic rings. The monoisotopic (exact) mass is 327 g/mol. The summed E-state index contributed by atoms with van der Waals surface area (Å²) in [5.41, 5.74) is 0. The number of piperidine rings is 1. The molecule has 2 heterocycles. The van der Waals surface area contributed by atoms with Crippen LogP contribution in [0.15, 0.2) is 18.6 Å². The van der Waals surface area contributed by atoms with Crippen LogP contribution in [0.25, 0.3) is 0 Å². The molecule has 22 heavy (non-hydrogen) atoms. The predicted molar refractivity (Wildman–Crippen MR) is 82.9 cm³/mol. The summed E-state index contributed by atoms with van der Waals surface area (Å²) in [6.07, 6.45) is 8.06. The van der Waals surface area contributed by atoms with Crippen LogP contribution in [0.4, 0.5) is 5.82 Å². The molecular weight excluding hydrogens is 306 g/mol. The van der Waals surface area contributed by atoms with Gasteiger partial charge in [0.1, 0.15) is 5.82 Å². The summed E-state index contributed by atoms with van der Waals surface area (Å²) in [5.74, 6) is 0.655. The molecule has 0 radical (unpaired) electrons. The van der Waals surface area contributed by atoms with E-state index >= 15 is 0 Å². The van der Waals surface area contributed by atoms with Crippen LogP contribution >= 0.6 is 0 Å². The number of anilines is 1. The third-order valence-electron chi connectivity index (χ3n) is 3.38. The Hall–Kier alpha value is -1.74. The highest BCUT2D eigenvalue weighted by atomic mass is 32.2. The fourth-order valence-electron chi connectivity index (χ4n) is 2.41. The van der Waals surface area contributed by atoms with Crippen molar-refractivity contribution in [3.05, 3.63) is 18.6 Å². The van der Waals surface area contributed by atoms with E-state index in [1.807, 2.05) is 0 Å². The minimum Gasteiger partial charge on any atom is -0.353 e. The Labute approximate surface area is 130 Å². The smallest absolute Gasteiger partial charge is 0.221 e. The van der Waals surface area contributed by atoms with E-state index in [-0.39, 0.29) is 24.9 Å². The summed E-state index contributed by atoms with van der Waals surface area (Å²) < 4.78 is 24.2. The van der Waals surface area contributed by atoms with Crippen LogP contribution in [0.1, 0.15) is 19.3 Å². The molecule has 0 aliphatic carbocycles. The third-order valence-corrected chi connectivity index (χ3v) is 4.10. The van der Waals surface area contributed by atoms with Crippen molar-refractivity contribution >= 4 is 21.7 Å². The highest BCUT2D eigenvalue weighted by molar-refractivity contribution is 7.88. The minimum absolute atomic E-state index is 0.0430. The number of nitrogens with one attached hydrogen (secondary N) is 2. The largest absolute Gasteiger partial charge is 0.353 e. The van der Waals surface area contributed by atoms with E-state index in [2.05, 4.69) is 24.9 Å². The average molecular weight is 327 g/mol. The van der Waals surface area contributed by atoms with Gasteiger partial charge in [-0.2, -0.15) is 0 Å². The van der Waals surface area contributed by atoms with Crippen molar-refractivity contribution < 1.29 is 13.2 Å². The van der Waals surface area contributed by atoms with E-state index in [4.69, 9.17) is 0 Å². The first-order valence-electron chi connectivity index (χ1n) is 7.19. The highest BCUT2D eigenvalue weighted by Crippen LogP contribution is 2.16. The maximum absolute atomic E-state index is 11.8. The third kappa shape index (κ3) is 5.57. The molecule has 1 aliphatic rings. The fraction of sp³-hybridized carbons (Fsp3) is 0.615. The quantitative estimate of drug-likeness (QED) is 0.730. The molecule has 0 bridgehead atoms. The number of carbonyl (C=O) groups is 1. The molecule has 2 N–H and O–H groups in total. The number of rotatable bonds is 6. The maximum atomic E-state index is 11.8. The number of sulfonamides is 1. The summed E-state index contributed by atoms with van der Waals surface area (Å²) >= 11 is 0. The van der Waals surface area contributed by atoms with E-state index in [9.17, 15) is 13.2 Å². The summed E-state index contributed by atoms with van der Waals surface area (Å²) in [6, 6.07) is 0.0430. The van der Waals surface area contributed by atoms with Gasteiger partial charge in [0.25, 0.3) is 0 Å². The van der Waals surface area contributed by atoms with Crippen molar-refractivity contribution in [2.24, 2.45) is 0 Å². The van der Waals surface area contributed by atoms with Gasteiger partial charge >= 0.3 is 0 Å². The molecule has 9 heteroatoms. The van der Waals surface area contributed by atoms with Crippen LogP contribution in [0.5, 0.6) is 0 Å². The normalized spacial score (nSPS) is 19.0. The van der Waals surface area contributed by atoms with Crippen molar-refractivity contribution in [1.29, 1.82) is 0 Å². The molecule has 1 fully saturated rings. The number of nitrogens with zero attached hydrogens (tertiary/aromatic N) is 3. The van der Waals surface area contributed by atoms with Crippen molar-refractivity contribution in [1.82, 2.24) is 20.0 Å². The van der Waals surface area contributed by atoms with Crippen molar-refractivity contribution in [3.63, 3.8) is 0 Å². The molecule has 0 aromatic carbocycles. The molecule has 1 aromatic heterocycles. The second-order valence-electron chi connectivity index (χ2n) is 5.33. The lowest BCUT2D eigenvalue weighted by atomic mass is 10.1. The zero-order valence-electron chi connectivity index (χ0n) is 12.5. The maximum Gasteiger partial charge on any atom is 0.221 e. The van der Waals surface area contributed by atoms with Crippen molar-refractivity contribution in [3.8, 4) is 0 Å². The van der Waals surface area contributed by atoms with Crippen molar-refractivity contribution in [2.75, 3.05) is 30.8 Å². The lowest BCUT2D eigenvalue weighted by molar-refractivity contribution is -0.121. The first-order chi connectivity index (χ1) is 10.4. The van der Waals surface area contributed by atoms with Gasteiger partial charge in [0.15, 0.2) is 0 Å². The molecule has 1 saturated heterocycles. The topological polar surface area (TPSA) is 104 Å². The lowest BCUT2D eigenvalue weighted by Crippen LogP contribution is -2.48. The minimum atomic E-state index is -3.25. The summed E-state index contributed by atoms with van der Waals surface area (Å²) in [6.45, 7) is 1.69. The number of aromatic nitrogens is 2. The van der Waals surface area contributed by atoms with Crippen molar-refractivity contribution in [2.45, 2.75) is 25.3 Å². The predicted octanol–water partition coefficient (Wildman–Crippen LogP) is -0.499. The van der Waals surface area contributed by atoms with E-state index in [1.54, 1.807) is 18.6 Å². The first kappa shape index (κ1) is 16.6. The van der Waals surface area contributed by atoms with Crippen LogP contribution < -0.4 is 14.9 Å². The van der Waals surface area contributed by atoms with Gasteiger partial charge in [0, 0.05) is 44.5 Å². The number of amides is 1. The SMILES string of the molecule is CS(=O)(=O)NCCC(=O)NC1CCCN(c2cnccn2)C1. The highest BCUT2D eigenvalue weighted by Gasteiger charge is 2.22. The Kier molecular flexibility index (Phi) is 5.67. The molecule has 0 spiro atoms. The van der Waals surface area contributed by atoms with Crippen LogP contribution in [0.3, 0.4) is 0 Å². The zero-order chi connectivity index (χ0) is 16.0. The second-order valence-corrected chi connectivity index (χ2v) is 7.17. The van der Waals surface area contributed by atoms with Gasteiger partial charge in [-0.15, -0.1) is 0 Å². The van der Waals surface area contributed by atoms with Crippen LogP contribution in [-0.4, -0.2) is 56.2 Å². The van der Waals surface area contributed by atoms with Crippen LogP contribution in [-0.2, 0) is 14.8 Å². The zero-order valence-corrected chi connectivity index (χ0v) is 13.3. The van der Waals surface area contributed by atoms with Gasteiger partial charge in [0.05, 0.1) is 12.5 Å². The fourth-order valence-corrected chi connectivity index (χ4v) is 2.88. The Balaban J connectivity index is 1.79. The van der Waals surface area contributed by atoms with Gasteiger partial charge in [-0.05, 0) is 12.8 Å². The standard InChI is InChI=1S/C13H21N5O3S/c1-22(20,21)16-5-4-13(19)17-11-3-2-8-18(10-11)12-9-14-6-7-15-12/h6-7,9,11,16H,2-5,8,10H2,1H3,(H,17,19). The van der Waals surface area contributed by atoms with Crippen LogP contribution in [0, 0.1) is 0 Å². The lowest BCUT2D eigenvalue weighted by Gasteiger charge is -2.33. The number of hydrogen-bond donors (Lipinski definition) is 2. The molecule has 1 aliphatic heterocycles. The van der Waals surface area contributed by atoms with E-state index in [1.165, 1.54) is 0 Å². The first-order valence-corrected chi connectivity index (χ1v) is 9.08. The number of hydrogen-bond acceptors (Lipinski definition) is 6. The van der Waals surface area contributed by atoms with E-state index in [0.717, 1.165) is 31.5 Å². The van der Waals surface area contributed by atoms with Gasteiger partial charge < -0.3 is 10.2 Å². The summed E-state index contributed by atoms with van der Waals surface area (Å²) in [4.78, 5) is 22.3.